The number of allylic oxidation sites excluding steroid dienone is 3. The van der Waals surface area contributed by atoms with Crippen molar-refractivity contribution in [3.05, 3.63) is 73.0 Å². The van der Waals surface area contributed by atoms with Gasteiger partial charge >= 0.3 is 5.97 Å². The van der Waals surface area contributed by atoms with Crippen molar-refractivity contribution in [2.24, 2.45) is 0 Å². The molecular weight excluding hydrogens is 508 g/mol. The van der Waals surface area contributed by atoms with Gasteiger partial charge in [-0.1, -0.05) is 17.7 Å². The highest BCUT2D eigenvalue weighted by atomic mass is 35.5. The number of esters is 1. The van der Waals surface area contributed by atoms with Crippen LogP contribution in [0.3, 0.4) is 0 Å². The Morgan fingerprint density at radius 3 is 2.86 bits per heavy atom. The molecule has 10 heteroatoms. The summed E-state index contributed by atoms with van der Waals surface area (Å²) in [7, 11) is -1.72. The minimum atomic E-state index is -3.67. The Morgan fingerprint density at radius 1 is 1.31 bits per heavy atom. The number of benzene rings is 1. The van der Waals surface area contributed by atoms with Crippen molar-refractivity contribution >= 4 is 38.7 Å². The first-order chi connectivity index (χ1) is 16.7. The van der Waals surface area contributed by atoms with E-state index in [0.717, 1.165) is 13.0 Å². The summed E-state index contributed by atoms with van der Waals surface area (Å²) in [6.07, 6.45) is 1.80. The van der Waals surface area contributed by atoms with Crippen LogP contribution in [0, 0.1) is 0 Å². The van der Waals surface area contributed by atoms with Gasteiger partial charge in [0, 0.05) is 34.4 Å². The van der Waals surface area contributed by atoms with Crippen LogP contribution in [-0.2, 0) is 25.9 Å². The van der Waals surface area contributed by atoms with E-state index >= 15 is 0 Å². The number of nitrogens with one attached hydrogen (secondary N) is 1. The summed E-state index contributed by atoms with van der Waals surface area (Å²) in [6.45, 7) is 3.16. The number of likely N-dealkylation sites (N-methyl/N-ethyl adjacent to an activating group) is 1. The summed E-state index contributed by atoms with van der Waals surface area (Å²) in [5.74, 6) is -1.62. The van der Waals surface area contributed by atoms with Crippen LogP contribution in [0.1, 0.15) is 42.5 Å². The third kappa shape index (κ3) is 5.74. The van der Waals surface area contributed by atoms with Gasteiger partial charge in [0.1, 0.15) is 12.4 Å². The van der Waals surface area contributed by atoms with E-state index < -0.39 is 21.7 Å². The smallest absolute Gasteiger partial charge is 0.336 e. The second-order valence-electron chi connectivity index (χ2n) is 8.87. The fourth-order valence-electron chi connectivity index (χ4n) is 4.57. The van der Waals surface area contributed by atoms with Gasteiger partial charge in [-0.15, -0.1) is 11.3 Å². The van der Waals surface area contributed by atoms with Gasteiger partial charge in [-0.05, 0) is 68.4 Å². The van der Waals surface area contributed by atoms with E-state index in [4.69, 9.17) is 16.3 Å². The van der Waals surface area contributed by atoms with Crippen molar-refractivity contribution in [2.45, 2.75) is 38.6 Å². The maximum absolute atomic E-state index is 13.4. The van der Waals surface area contributed by atoms with Gasteiger partial charge < -0.3 is 15.2 Å². The molecule has 1 aromatic heterocycles. The maximum Gasteiger partial charge on any atom is 0.336 e. The number of hydrogen-bond acceptors (Lipinski definition) is 8. The number of carbonyl (C=O) groups is 1. The molecule has 35 heavy (non-hydrogen) atoms. The van der Waals surface area contributed by atoms with Crippen molar-refractivity contribution in [3.63, 3.8) is 0 Å². The molecule has 3 heterocycles. The molecule has 0 fully saturated rings. The van der Waals surface area contributed by atoms with Crippen LogP contribution in [0.15, 0.2) is 57.6 Å². The lowest BCUT2D eigenvalue weighted by molar-refractivity contribution is -0.139. The third-order valence-electron chi connectivity index (χ3n) is 6.24. The van der Waals surface area contributed by atoms with Crippen LogP contribution >= 0.6 is 22.9 Å². The molecule has 0 bridgehead atoms. The number of sulfone groups is 1. The SMILES string of the molecule is CC1=C(C(=O)OCCN(C)Cc2cccs2)C(c2cc(O)ccc2Cl)C2=C(CCCCS2(=O)=O)N1. The molecular formula is C25H29ClN2O5S2. The molecule has 2 aliphatic rings. The minimum absolute atomic E-state index is 0.00462. The number of dihydropyridines is 1. The molecule has 1 unspecified atom stereocenters. The Hall–Kier alpha value is -2.33. The van der Waals surface area contributed by atoms with Crippen LogP contribution < -0.4 is 5.32 Å². The van der Waals surface area contributed by atoms with E-state index in [1.54, 1.807) is 18.3 Å². The highest BCUT2D eigenvalue weighted by Gasteiger charge is 2.42. The van der Waals surface area contributed by atoms with E-state index in [9.17, 15) is 18.3 Å². The molecule has 1 atom stereocenters. The number of ether oxygens (including phenoxy) is 1. The van der Waals surface area contributed by atoms with Crippen LogP contribution in [0.4, 0.5) is 0 Å². The zero-order valence-corrected chi connectivity index (χ0v) is 22.1. The van der Waals surface area contributed by atoms with Gasteiger partial charge in [0.2, 0.25) is 0 Å². The van der Waals surface area contributed by atoms with Crippen LogP contribution in [0.5, 0.6) is 5.75 Å². The Balaban J connectivity index is 1.64. The van der Waals surface area contributed by atoms with Crippen LogP contribution in [0.25, 0.3) is 0 Å². The molecule has 0 radical (unpaired) electrons. The Morgan fingerprint density at radius 2 is 2.11 bits per heavy atom. The van der Waals surface area contributed by atoms with E-state index in [0.29, 0.717) is 36.3 Å². The van der Waals surface area contributed by atoms with E-state index in [1.807, 2.05) is 18.5 Å². The molecule has 7 nitrogen and oxygen atoms in total. The van der Waals surface area contributed by atoms with E-state index in [-0.39, 0.29) is 33.6 Å². The zero-order chi connectivity index (χ0) is 25.2. The molecule has 188 valence electrons. The van der Waals surface area contributed by atoms with E-state index in [1.165, 1.54) is 23.1 Å². The number of carbonyl (C=O) groups excluding carboxylic acids is 1. The molecule has 0 amide bonds. The monoisotopic (exact) mass is 536 g/mol. The number of nitrogens with zero attached hydrogens (tertiary/aromatic N) is 1. The number of aromatic hydroxyl groups is 1. The molecule has 0 saturated carbocycles. The Bertz CT molecular complexity index is 1270. The molecule has 1 aromatic carbocycles. The number of halogens is 1. The number of phenolic OH excluding ortho intramolecular Hbond substituents is 1. The molecule has 2 N–H and O–H groups in total. The van der Waals surface area contributed by atoms with Gasteiger partial charge in [0.15, 0.2) is 9.84 Å². The molecule has 0 spiro atoms. The molecule has 0 saturated heterocycles. The number of hydrogen-bond donors (Lipinski definition) is 2. The van der Waals surface area contributed by atoms with Crippen molar-refractivity contribution in [1.82, 2.24) is 10.2 Å². The lowest BCUT2D eigenvalue weighted by Gasteiger charge is -2.32. The average Bonchev–Trinajstić information content (AvgIpc) is 3.25. The topological polar surface area (TPSA) is 95.9 Å². The normalized spacial score (nSPS) is 19.8. The van der Waals surface area contributed by atoms with Gasteiger partial charge in [-0.3, -0.25) is 4.90 Å². The van der Waals surface area contributed by atoms with Gasteiger partial charge in [0.25, 0.3) is 0 Å². The third-order valence-corrected chi connectivity index (χ3v) is 9.42. The summed E-state index contributed by atoms with van der Waals surface area (Å²) in [5, 5.41) is 15.6. The number of thiophene rings is 1. The highest BCUT2D eigenvalue weighted by Crippen LogP contribution is 2.46. The second kappa shape index (κ2) is 10.7. The standard InChI is InChI=1S/C25H29ClN2O5S2/c1-16-22(25(30)33-11-10-28(2)15-18-6-5-12-34-18)23(19-14-17(29)8-9-20(19)26)24-21(27-16)7-3-4-13-35(24,31)32/h5-6,8-9,12,14,23,27,29H,3-4,7,10-11,13,15H2,1-2H3. The van der Waals surface area contributed by atoms with Gasteiger partial charge in [-0.25, -0.2) is 13.2 Å². The predicted octanol–water partition coefficient (Wildman–Crippen LogP) is 4.55. The number of phenols is 1. The lowest BCUT2D eigenvalue weighted by Crippen LogP contribution is -2.33. The van der Waals surface area contributed by atoms with E-state index in [2.05, 4.69) is 16.3 Å². The summed E-state index contributed by atoms with van der Waals surface area (Å²) < 4.78 is 32.4. The summed E-state index contributed by atoms with van der Waals surface area (Å²) >= 11 is 8.16. The second-order valence-corrected chi connectivity index (χ2v) is 12.4. The first kappa shape index (κ1) is 25.8. The predicted molar refractivity (Wildman–Crippen MR) is 138 cm³/mol. The maximum atomic E-state index is 13.4. The van der Waals surface area contributed by atoms with Crippen molar-refractivity contribution in [1.29, 1.82) is 0 Å². The molecule has 4 rings (SSSR count). The Kier molecular flexibility index (Phi) is 7.90. The largest absolute Gasteiger partial charge is 0.508 e. The average molecular weight is 537 g/mol. The molecule has 2 aliphatic heterocycles. The fraction of sp³-hybridized carbons (Fsp3) is 0.400. The van der Waals surface area contributed by atoms with Gasteiger partial charge in [-0.2, -0.15) is 0 Å². The quantitative estimate of drug-likeness (QED) is 0.501. The van der Waals surface area contributed by atoms with Crippen molar-refractivity contribution in [3.8, 4) is 5.75 Å². The van der Waals surface area contributed by atoms with Crippen LogP contribution in [0.2, 0.25) is 5.02 Å². The first-order valence-corrected chi connectivity index (χ1v) is 14.4. The minimum Gasteiger partial charge on any atom is -0.508 e. The summed E-state index contributed by atoms with van der Waals surface area (Å²) in [4.78, 5) is 16.8. The summed E-state index contributed by atoms with van der Waals surface area (Å²) in [5.41, 5.74) is 1.67. The molecule has 0 aliphatic carbocycles. The Labute approximate surface area is 215 Å². The van der Waals surface area contributed by atoms with Crippen molar-refractivity contribution in [2.75, 3.05) is 26.0 Å². The first-order valence-electron chi connectivity index (χ1n) is 11.5. The lowest BCUT2D eigenvalue weighted by atomic mass is 9.85. The zero-order valence-electron chi connectivity index (χ0n) is 19.7. The summed E-state index contributed by atoms with van der Waals surface area (Å²) in [6, 6.07) is 8.42. The fourth-order valence-corrected chi connectivity index (χ4v) is 7.52. The highest BCUT2D eigenvalue weighted by molar-refractivity contribution is 7.95. The van der Waals surface area contributed by atoms with Crippen LogP contribution in [-0.4, -0.2) is 50.3 Å². The van der Waals surface area contributed by atoms with Crippen molar-refractivity contribution < 1.29 is 23.1 Å². The number of rotatable bonds is 7. The van der Waals surface area contributed by atoms with Gasteiger partial charge in [0.05, 0.1) is 22.1 Å². The molecule has 2 aromatic rings.